The number of aromatic hydroxyl groups is 2. The van der Waals surface area contributed by atoms with Gasteiger partial charge in [-0.05, 0) is 60.9 Å². The summed E-state index contributed by atoms with van der Waals surface area (Å²) in [6, 6.07) is 10.1. The van der Waals surface area contributed by atoms with Crippen LogP contribution >= 0.6 is 0 Å². The van der Waals surface area contributed by atoms with Crippen LogP contribution in [0.2, 0.25) is 0 Å². The third kappa shape index (κ3) is 6.19. The fraction of sp³-hybridized carbons (Fsp3) is 0.231. The van der Waals surface area contributed by atoms with Crippen LogP contribution in [0.25, 0.3) is 24.3 Å². The van der Waals surface area contributed by atoms with Gasteiger partial charge in [0.05, 0.1) is 32.2 Å². The fourth-order valence-corrected chi connectivity index (χ4v) is 3.34. The zero-order valence-corrected chi connectivity index (χ0v) is 19.4. The minimum Gasteiger partial charge on any atom is -0.504 e. The van der Waals surface area contributed by atoms with E-state index in [2.05, 4.69) is 10.2 Å². The lowest BCUT2D eigenvalue weighted by atomic mass is 10.0. The molecule has 0 atom stereocenters. The molecule has 178 valence electrons. The number of carbonyl (C=O) groups is 1. The number of nitrogens with zero attached hydrogens (tertiary/aromatic N) is 1. The molecular weight excluding hydrogens is 436 g/mol. The predicted molar refractivity (Wildman–Crippen MR) is 131 cm³/mol. The summed E-state index contributed by atoms with van der Waals surface area (Å²) in [6.07, 6.45) is 8.07. The molecule has 0 amide bonds. The van der Waals surface area contributed by atoms with Crippen molar-refractivity contribution in [1.29, 1.82) is 0 Å². The molecule has 2 aromatic carbocycles. The normalized spacial score (nSPS) is 11.3. The van der Waals surface area contributed by atoms with Crippen LogP contribution in [-0.4, -0.2) is 47.2 Å². The summed E-state index contributed by atoms with van der Waals surface area (Å²) in [5, 5.41) is 27.0. The summed E-state index contributed by atoms with van der Waals surface area (Å²) in [5.74, 6) is 0.601. The maximum atomic E-state index is 12.0. The lowest BCUT2D eigenvalue weighted by Crippen LogP contribution is -2.05. The van der Waals surface area contributed by atoms with E-state index < -0.39 is 0 Å². The number of methoxy groups -OCH3 is 2. The molecule has 1 heterocycles. The summed E-state index contributed by atoms with van der Waals surface area (Å²) < 4.78 is 15.4. The Morgan fingerprint density at radius 2 is 1.53 bits per heavy atom. The van der Waals surface area contributed by atoms with Crippen molar-refractivity contribution in [3.8, 4) is 23.0 Å². The largest absolute Gasteiger partial charge is 0.504 e. The van der Waals surface area contributed by atoms with Crippen molar-refractivity contribution < 1.29 is 29.2 Å². The van der Waals surface area contributed by atoms with Crippen molar-refractivity contribution >= 4 is 30.3 Å². The molecule has 0 unspecified atom stereocenters. The standard InChI is InChI=1S/C26H28N2O6/c1-4-34-26(31)14-9-19-20(10-5-17-7-12-22(29)24(15-17)32-2)27-28-21(19)11-6-18-8-13-23(30)25(16-18)33-3/h5-8,10-13,15-16,29-30H,4,9,14H2,1-3H3,(H,27,28)/b10-5+,11-6+. The number of rotatable bonds is 10. The summed E-state index contributed by atoms with van der Waals surface area (Å²) in [7, 11) is 2.99. The number of ether oxygens (including phenoxy) is 3. The van der Waals surface area contributed by atoms with Gasteiger partial charge in [-0.3, -0.25) is 9.89 Å². The van der Waals surface area contributed by atoms with Crippen molar-refractivity contribution in [2.45, 2.75) is 19.8 Å². The van der Waals surface area contributed by atoms with Crippen molar-refractivity contribution in [1.82, 2.24) is 10.2 Å². The van der Waals surface area contributed by atoms with Gasteiger partial charge in [0, 0.05) is 12.0 Å². The first-order valence-corrected chi connectivity index (χ1v) is 10.8. The summed E-state index contributed by atoms with van der Waals surface area (Å²) in [5.41, 5.74) is 3.94. The molecule has 1 aromatic heterocycles. The van der Waals surface area contributed by atoms with E-state index in [-0.39, 0.29) is 23.9 Å². The molecule has 0 saturated heterocycles. The predicted octanol–water partition coefficient (Wildman–Crippen LogP) is 4.67. The number of benzene rings is 2. The second-order valence-corrected chi connectivity index (χ2v) is 7.34. The molecule has 0 aliphatic carbocycles. The number of H-pyrrole nitrogens is 1. The third-order valence-electron chi connectivity index (χ3n) is 5.10. The highest BCUT2D eigenvalue weighted by Crippen LogP contribution is 2.29. The summed E-state index contributed by atoms with van der Waals surface area (Å²) in [6.45, 7) is 2.10. The molecule has 0 fully saturated rings. The van der Waals surface area contributed by atoms with Gasteiger partial charge in [0.2, 0.25) is 0 Å². The van der Waals surface area contributed by atoms with E-state index in [1.807, 2.05) is 24.3 Å². The molecule has 34 heavy (non-hydrogen) atoms. The number of aromatic nitrogens is 2. The van der Waals surface area contributed by atoms with Crippen LogP contribution in [0.5, 0.6) is 23.0 Å². The Morgan fingerprint density at radius 3 is 2.09 bits per heavy atom. The van der Waals surface area contributed by atoms with Gasteiger partial charge in [0.25, 0.3) is 0 Å². The van der Waals surface area contributed by atoms with Crippen LogP contribution < -0.4 is 9.47 Å². The van der Waals surface area contributed by atoms with Gasteiger partial charge >= 0.3 is 5.97 Å². The molecule has 3 N–H and O–H groups in total. The van der Waals surface area contributed by atoms with Crippen molar-refractivity contribution in [2.24, 2.45) is 0 Å². The molecule has 8 heteroatoms. The van der Waals surface area contributed by atoms with E-state index in [9.17, 15) is 15.0 Å². The number of aromatic amines is 1. The molecule has 8 nitrogen and oxygen atoms in total. The van der Waals surface area contributed by atoms with Crippen molar-refractivity contribution in [2.75, 3.05) is 20.8 Å². The van der Waals surface area contributed by atoms with E-state index in [0.29, 0.717) is 30.2 Å². The molecule has 3 rings (SSSR count). The van der Waals surface area contributed by atoms with Gasteiger partial charge < -0.3 is 24.4 Å². The van der Waals surface area contributed by atoms with Crippen LogP contribution in [0.1, 0.15) is 41.4 Å². The average molecular weight is 465 g/mol. The number of phenols is 2. The van der Waals surface area contributed by atoms with Gasteiger partial charge in [-0.2, -0.15) is 5.10 Å². The van der Waals surface area contributed by atoms with Crippen LogP contribution in [0.3, 0.4) is 0 Å². The highest BCUT2D eigenvalue weighted by atomic mass is 16.5. The highest BCUT2D eigenvalue weighted by Gasteiger charge is 2.13. The Balaban J connectivity index is 1.89. The first kappa shape index (κ1) is 24.4. The zero-order valence-electron chi connectivity index (χ0n) is 19.4. The molecular formula is C26H28N2O6. The zero-order chi connectivity index (χ0) is 24.5. The van der Waals surface area contributed by atoms with Crippen LogP contribution in [0, 0.1) is 0 Å². The lowest BCUT2D eigenvalue weighted by Gasteiger charge is -2.05. The minimum absolute atomic E-state index is 0.0628. The van der Waals surface area contributed by atoms with Crippen LogP contribution in [0.4, 0.5) is 0 Å². The Hall–Kier alpha value is -4.20. The molecule has 0 saturated carbocycles. The highest BCUT2D eigenvalue weighted by molar-refractivity contribution is 5.77. The Bertz CT molecular complexity index is 1110. The Labute approximate surface area is 198 Å². The van der Waals surface area contributed by atoms with Gasteiger partial charge in [-0.1, -0.05) is 24.3 Å². The maximum absolute atomic E-state index is 12.0. The number of phenolic OH excluding ortho intramolecular Hbond substituents is 2. The number of carbonyl (C=O) groups excluding carboxylic acids is 1. The van der Waals surface area contributed by atoms with E-state index in [1.165, 1.54) is 14.2 Å². The SMILES string of the molecule is CCOC(=O)CCc1c(/C=C/c2ccc(O)c(OC)c2)n[nH]c1/C=C/c1ccc(O)c(OC)c1. The van der Waals surface area contributed by atoms with Crippen LogP contribution in [0.15, 0.2) is 36.4 Å². The van der Waals surface area contributed by atoms with Crippen LogP contribution in [-0.2, 0) is 16.0 Å². The smallest absolute Gasteiger partial charge is 0.306 e. The molecule has 3 aromatic rings. The Morgan fingerprint density at radius 1 is 0.941 bits per heavy atom. The number of hydrogen-bond donors (Lipinski definition) is 3. The maximum Gasteiger partial charge on any atom is 0.306 e. The lowest BCUT2D eigenvalue weighted by molar-refractivity contribution is -0.143. The van der Waals surface area contributed by atoms with E-state index in [4.69, 9.17) is 14.2 Å². The first-order chi connectivity index (χ1) is 16.4. The monoisotopic (exact) mass is 464 g/mol. The number of esters is 1. The Kier molecular flexibility index (Phi) is 8.34. The second kappa shape index (κ2) is 11.6. The number of hydrogen-bond acceptors (Lipinski definition) is 7. The third-order valence-corrected chi connectivity index (χ3v) is 5.10. The molecule has 0 aliphatic heterocycles. The summed E-state index contributed by atoms with van der Waals surface area (Å²) in [4.78, 5) is 12.0. The first-order valence-electron chi connectivity index (χ1n) is 10.8. The van der Waals surface area contributed by atoms with E-state index >= 15 is 0 Å². The van der Waals surface area contributed by atoms with Gasteiger partial charge in [-0.15, -0.1) is 0 Å². The van der Waals surface area contributed by atoms with Crippen molar-refractivity contribution in [3.05, 3.63) is 64.5 Å². The fourth-order valence-electron chi connectivity index (χ4n) is 3.34. The quantitative estimate of drug-likeness (QED) is 0.374. The summed E-state index contributed by atoms with van der Waals surface area (Å²) >= 11 is 0. The minimum atomic E-state index is -0.278. The molecule has 0 radical (unpaired) electrons. The van der Waals surface area contributed by atoms with Gasteiger partial charge in [0.15, 0.2) is 23.0 Å². The molecule has 0 bridgehead atoms. The molecule has 0 aliphatic rings. The van der Waals surface area contributed by atoms with Crippen molar-refractivity contribution in [3.63, 3.8) is 0 Å². The molecule has 0 spiro atoms. The second-order valence-electron chi connectivity index (χ2n) is 7.34. The van der Waals surface area contributed by atoms with E-state index in [0.717, 1.165) is 22.4 Å². The van der Waals surface area contributed by atoms with Gasteiger partial charge in [0.1, 0.15) is 0 Å². The average Bonchev–Trinajstić information content (AvgIpc) is 3.23. The van der Waals surface area contributed by atoms with E-state index in [1.54, 1.807) is 43.3 Å². The van der Waals surface area contributed by atoms with Gasteiger partial charge in [-0.25, -0.2) is 0 Å². The topological polar surface area (TPSA) is 114 Å². The number of nitrogens with one attached hydrogen (secondary N) is 1.